The number of alkyl halides is 3. The average molecular weight is 560 g/mol. The lowest BCUT2D eigenvalue weighted by Crippen LogP contribution is -2.47. The van der Waals surface area contributed by atoms with Crippen LogP contribution in [0.4, 0.5) is 13.2 Å². The molecular weight excluding hydrogens is 527 g/mol. The molecule has 2 heterocycles. The Kier molecular flexibility index (Phi) is 7.20. The van der Waals surface area contributed by atoms with Gasteiger partial charge in [-0.1, -0.05) is 78.9 Å². The van der Waals surface area contributed by atoms with Crippen LogP contribution in [0.3, 0.4) is 0 Å². The highest BCUT2D eigenvalue weighted by molar-refractivity contribution is 6.01. The SMILES string of the molecule is O=C1c2ccccc2CN1C1CCN(C/C=C\CC2(C(=O)NCC(F)(F)F)c3ccccc3-c3ccccc32)CC1. The Hall–Kier alpha value is -3.91. The summed E-state index contributed by atoms with van der Waals surface area (Å²) in [6.07, 6.45) is 1.47. The van der Waals surface area contributed by atoms with Crippen LogP contribution in [-0.4, -0.2) is 60.0 Å². The van der Waals surface area contributed by atoms with Crippen molar-refractivity contribution in [2.75, 3.05) is 26.2 Å². The average Bonchev–Trinajstić information content (AvgIpc) is 3.47. The molecule has 41 heavy (non-hydrogen) atoms. The summed E-state index contributed by atoms with van der Waals surface area (Å²) in [5.74, 6) is -0.529. The number of carbonyl (C=O) groups is 2. The van der Waals surface area contributed by atoms with E-state index < -0.39 is 24.0 Å². The van der Waals surface area contributed by atoms with Crippen LogP contribution in [0.15, 0.2) is 84.9 Å². The van der Waals surface area contributed by atoms with Crippen molar-refractivity contribution in [1.82, 2.24) is 15.1 Å². The van der Waals surface area contributed by atoms with E-state index in [9.17, 15) is 22.8 Å². The Labute approximate surface area is 237 Å². The highest BCUT2D eigenvalue weighted by atomic mass is 19.4. The summed E-state index contributed by atoms with van der Waals surface area (Å²) >= 11 is 0. The van der Waals surface area contributed by atoms with Gasteiger partial charge in [0.2, 0.25) is 5.91 Å². The predicted octanol–water partition coefficient (Wildman–Crippen LogP) is 5.70. The number of amides is 2. The Morgan fingerprint density at radius 2 is 1.46 bits per heavy atom. The molecule has 0 radical (unpaired) electrons. The molecule has 212 valence electrons. The zero-order valence-electron chi connectivity index (χ0n) is 22.7. The third-order valence-corrected chi connectivity index (χ3v) is 8.70. The van der Waals surface area contributed by atoms with Crippen LogP contribution in [0.25, 0.3) is 11.1 Å². The van der Waals surface area contributed by atoms with E-state index >= 15 is 0 Å². The third kappa shape index (κ3) is 5.05. The zero-order chi connectivity index (χ0) is 28.6. The van der Waals surface area contributed by atoms with Crippen LogP contribution < -0.4 is 5.32 Å². The van der Waals surface area contributed by atoms with Gasteiger partial charge in [-0.3, -0.25) is 14.5 Å². The van der Waals surface area contributed by atoms with Crippen LogP contribution in [0.1, 0.15) is 46.3 Å². The highest BCUT2D eigenvalue weighted by Crippen LogP contribution is 2.51. The number of fused-ring (bicyclic) bond motifs is 4. The minimum Gasteiger partial charge on any atom is -0.346 e. The third-order valence-electron chi connectivity index (χ3n) is 8.70. The fourth-order valence-corrected chi connectivity index (χ4v) is 6.68. The number of carbonyl (C=O) groups excluding carboxylic acids is 2. The topological polar surface area (TPSA) is 52.7 Å². The second-order valence-electron chi connectivity index (χ2n) is 11.1. The van der Waals surface area contributed by atoms with Gasteiger partial charge < -0.3 is 10.2 Å². The summed E-state index contributed by atoms with van der Waals surface area (Å²) < 4.78 is 39.3. The first-order valence-electron chi connectivity index (χ1n) is 14.1. The van der Waals surface area contributed by atoms with E-state index in [-0.39, 0.29) is 18.4 Å². The monoisotopic (exact) mass is 559 g/mol. The molecule has 6 rings (SSSR count). The quantitative estimate of drug-likeness (QED) is 0.378. The minimum absolute atomic E-state index is 0.116. The van der Waals surface area contributed by atoms with E-state index in [0.29, 0.717) is 13.1 Å². The lowest BCUT2D eigenvalue weighted by Gasteiger charge is -2.36. The lowest BCUT2D eigenvalue weighted by molar-refractivity contribution is -0.140. The number of nitrogens with zero attached hydrogens (tertiary/aromatic N) is 2. The first-order valence-corrected chi connectivity index (χ1v) is 14.1. The smallest absolute Gasteiger partial charge is 0.346 e. The molecule has 5 nitrogen and oxygen atoms in total. The van der Waals surface area contributed by atoms with Crippen molar-refractivity contribution >= 4 is 11.8 Å². The summed E-state index contributed by atoms with van der Waals surface area (Å²) in [5, 5.41) is 2.18. The van der Waals surface area contributed by atoms with Crippen molar-refractivity contribution in [2.24, 2.45) is 0 Å². The van der Waals surface area contributed by atoms with Crippen LogP contribution in [0, 0.1) is 0 Å². The molecule has 1 aliphatic carbocycles. The first kappa shape index (κ1) is 27.3. The van der Waals surface area contributed by atoms with Crippen LogP contribution in [-0.2, 0) is 16.8 Å². The Bertz CT molecular complexity index is 1450. The zero-order valence-corrected chi connectivity index (χ0v) is 22.7. The van der Waals surface area contributed by atoms with Crippen molar-refractivity contribution in [1.29, 1.82) is 0 Å². The molecule has 0 saturated carbocycles. The maximum Gasteiger partial charge on any atom is 0.405 e. The lowest BCUT2D eigenvalue weighted by atomic mass is 9.74. The summed E-state index contributed by atoms with van der Waals surface area (Å²) in [5.41, 5.74) is 3.85. The van der Waals surface area contributed by atoms with E-state index in [0.717, 1.165) is 59.3 Å². The molecule has 1 fully saturated rings. The predicted molar refractivity (Wildman–Crippen MR) is 151 cm³/mol. The molecule has 0 bridgehead atoms. The van der Waals surface area contributed by atoms with E-state index in [1.54, 1.807) is 0 Å². The molecule has 3 aromatic carbocycles. The van der Waals surface area contributed by atoms with Gasteiger partial charge in [0.05, 0.1) is 0 Å². The van der Waals surface area contributed by atoms with Gasteiger partial charge in [0.25, 0.3) is 5.91 Å². The van der Waals surface area contributed by atoms with Crippen molar-refractivity contribution in [2.45, 2.75) is 43.4 Å². The second-order valence-corrected chi connectivity index (χ2v) is 11.1. The molecule has 0 unspecified atom stereocenters. The molecule has 2 aliphatic heterocycles. The van der Waals surface area contributed by atoms with Gasteiger partial charge in [-0.05, 0) is 53.1 Å². The summed E-state index contributed by atoms with van der Waals surface area (Å²) in [7, 11) is 0. The standard InChI is InChI=1S/C33H32F3N3O2/c34-33(35,36)22-37-31(41)32(28-13-5-3-11-26(28)27-12-4-6-14-29(27)32)17-7-8-18-38-19-15-24(16-20-38)39-21-23-9-1-2-10-25(23)30(39)40/h1-14,24H,15-22H2,(H,37,41)/b8-7-. The summed E-state index contributed by atoms with van der Waals surface area (Å²) in [6.45, 7) is 1.66. The number of nitrogens with one attached hydrogen (secondary N) is 1. The molecular formula is C33H32F3N3O2. The van der Waals surface area contributed by atoms with Crippen molar-refractivity contribution in [3.05, 3.63) is 107 Å². The van der Waals surface area contributed by atoms with Gasteiger partial charge in [0.1, 0.15) is 12.0 Å². The fraction of sp³-hybridized carbons (Fsp3) is 0.333. The van der Waals surface area contributed by atoms with E-state index in [1.165, 1.54) is 0 Å². The van der Waals surface area contributed by atoms with Crippen LogP contribution in [0.2, 0.25) is 0 Å². The molecule has 3 aromatic rings. The number of hydrogen-bond acceptors (Lipinski definition) is 3. The molecule has 0 aromatic heterocycles. The molecule has 0 atom stereocenters. The van der Waals surface area contributed by atoms with Gasteiger partial charge in [-0.15, -0.1) is 0 Å². The number of likely N-dealkylation sites (tertiary alicyclic amines) is 1. The first-order chi connectivity index (χ1) is 19.8. The largest absolute Gasteiger partial charge is 0.405 e. The molecule has 3 aliphatic rings. The van der Waals surface area contributed by atoms with Gasteiger partial charge >= 0.3 is 6.18 Å². The normalized spacial score (nSPS) is 18.4. The molecule has 2 amide bonds. The number of rotatable bonds is 7. The van der Waals surface area contributed by atoms with E-state index in [2.05, 4.69) is 10.2 Å². The summed E-state index contributed by atoms with van der Waals surface area (Å²) in [6, 6.07) is 23.0. The number of piperidine rings is 1. The fourth-order valence-electron chi connectivity index (χ4n) is 6.68. The van der Waals surface area contributed by atoms with Gasteiger partial charge in [-0.2, -0.15) is 13.2 Å². The maximum absolute atomic E-state index is 13.6. The molecule has 0 spiro atoms. The molecule has 1 saturated heterocycles. The number of allylic oxidation sites excluding steroid dienone is 1. The van der Waals surface area contributed by atoms with Crippen molar-refractivity contribution in [3.8, 4) is 11.1 Å². The Morgan fingerprint density at radius 3 is 2.07 bits per heavy atom. The minimum atomic E-state index is -4.50. The summed E-state index contributed by atoms with van der Waals surface area (Å²) in [4.78, 5) is 30.8. The van der Waals surface area contributed by atoms with Gasteiger partial charge in [-0.25, -0.2) is 0 Å². The molecule has 1 N–H and O–H groups in total. The number of hydrogen-bond donors (Lipinski definition) is 1. The highest BCUT2D eigenvalue weighted by Gasteiger charge is 2.48. The number of halogens is 3. The Balaban J connectivity index is 1.14. The van der Waals surface area contributed by atoms with Crippen molar-refractivity contribution in [3.63, 3.8) is 0 Å². The van der Waals surface area contributed by atoms with Crippen LogP contribution >= 0.6 is 0 Å². The number of benzene rings is 3. The van der Waals surface area contributed by atoms with Crippen LogP contribution in [0.5, 0.6) is 0 Å². The van der Waals surface area contributed by atoms with E-state index in [1.807, 2.05) is 89.8 Å². The maximum atomic E-state index is 13.6. The van der Waals surface area contributed by atoms with Gasteiger partial charge in [0.15, 0.2) is 0 Å². The van der Waals surface area contributed by atoms with Gasteiger partial charge in [0, 0.05) is 37.8 Å². The second kappa shape index (κ2) is 10.8. The Morgan fingerprint density at radius 1 is 0.878 bits per heavy atom. The van der Waals surface area contributed by atoms with Crippen molar-refractivity contribution < 1.29 is 22.8 Å². The van der Waals surface area contributed by atoms with E-state index in [4.69, 9.17) is 0 Å². The molecule has 8 heteroatoms.